The van der Waals surface area contributed by atoms with E-state index in [2.05, 4.69) is 26.1 Å². The fraction of sp³-hybridized carbons (Fsp3) is 0.444. The SMILES string of the molecule is Cc1ccc(N2CCCN(CCOc3ccccc3Cl)CC2)nn1. The molecular weight excluding hydrogens is 324 g/mol. The van der Waals surface area contributed by atoms with E-state index in [1.807, 2.05) is 37.3 Å². The molecule has 0 saturated carbocycles. The maximum Gasteiger partial charge on any atom is 0.151 e. The van der Waals surface area contributed by atoms with Gasteiger partial charge in [0.1, 0.15) is 12.4 Å². The zero-order valence-electron chi connectivity index (χ0n) is 14.0. The minimum Gasteiger partial charge on any atom is -0.491 e. The van der Waals surface area contributed by atoms with Crippen molar-refractivity contribution in [3.05, 3.63) is 47.1 Å². The highest BCUT2D eigenvalue weighted by Gasteiger charge is 2.16. The maximum absolute atomic E-state index is 6.11. The number of hydrogen-bond acceptors (Lipinski definition) is 5. The number of anilines is 1. The number of rotatable bonds is 5. The zero-order valence-corrected chi connectivity index (χ0v) is 14.7. The van der Waals surface area contributed by atoms with Crippen molar-refractivity contribution < 1.29 is 4.74 Å². The molecule has 0 atom stereocenters. The van der Waals surface area contributed by atoms with Crippen molar-refractivity contribution in [2.75, 3.05) is 44.2 Å². The van der Waals surface area contributed by atoms with Crippen molar-refractivity contribution in [2.24, 2.45) is 0 Å². The Bertz CT molecular complexity index is 650. The molecule has 1 saturated heterocycles. The van der Waals surface area contributed by atoms with E-state index in [0.717, 1.165) is 56.4 Å². The van der Waals surface area contributed by atoms with Crippen molar-refractivity contribution >= 4 is 17.4 Å². The van der Waals surface area contributed by atoms with Gasteiger partial charge >= 0.3 is 0 Å². The molecule has 3 rings (SSSR count). The second-order valence-electron chi connectivity index (χ2n) is 5.99. The fourth-order valence-corrected chi connectivity index (χ4v) is 3.02. The first-order valence-corrected chi connectivity index (χ1v) is 8.75. The molecule has 0 unspecified atom stereocenters. The smallest absolute Gasteiger partial charge is 0.151 e. The topological polar surface area (TPSA) is 41.5 Å². The van der Waals surface area contributed by atoms with Gasteiger partial charge in [-0.15, -0.1) is 5.10 Å². The molecule has 128 valence electrons. The number of aryl methyl sites for hydroxylation is 1. The number of benzene rings is 1. The highest BCUT2D eigenvalue weighted by Crippen LogP contribution is 2.23. The lowest BCUT2D eigenvalue weighted by molar-refractivity contribution is 0.218. The second-order valence-corrected chi connectivity index (χ2v) is 6.40. The Balaban J connectivity index is 1.47. The second kappa shape index (κ2) is 8.31. The number of ether oxygens (including phenoxy) is 1. The normalized spacial score (nSPS) is 16.0. The van der Waals surface area contributed by atoms with Gasteiger partial charge in [0.15, 0.2) is 5.82 Å². The van der Waals surface area contributed by atoms with Crippen LogP contribution in [0.25, 0.3) is 0 Å². The van der Waals surface area contributed by atoms with E-state index >= 15 is 0 Å². The highest BCUT2D eigenvalue weighted by atomic mass is 35.5. The van der Waals surface area contributed by atoms with Crippen LogP contribution in [0.5, 0.6) is 5.75 Å². The molecule has 0 radical (unpaired) electrons. The lowest BCUT2D eigenvalue weighted by atomic mass is 10.3. The Morgan fingerprint density at radius 2 is 1.92 bits per heavy atom. The maximum atomic E-state index is 6.11. The van der Waals surface area contributed by atoms with Crippen LogP contribution in [-0.4, -0.2) is 54.4 Å². The number of aromatic nitrogens is 2. The van der Waals surface area contributed by atoms with Crippen LogP contribution >= 0.6 is 11.6 Å². The van der Waals surface area contributed by atoms with Crippen LogP contribution in [0.3, 0.4) is 0 Å². The molecule has 6 heteroatoms. The molecule has 1 aromatic carbocycles. The molecule has 0 spiro atoms. The first-order valence-electron chi connectivity index (χ1n) is 8.37. The van der Waals surface area contributed by atoms with Crippen LogP contribution in [0, 0.1) is 6.92 Å². The van der Waals surface area contributed by atoms with Crippen LogP contribution in [-0.2, 0) is 0 Å². The van der Waals surface area contributed by atoms with Gasteiger partial charge in [0, 0.05) is 32.7 Å². The Morgan fingerprint density at radius 1 is 1.04 bits per heavy atom. The predicted octanol–water partition coefficient (Wildman–Crippen LogP) is 3.03. The summed E-state index contributed by atoms with van der Waals surface area (Å²) in [6.45, 7) is 7.55. The van der Waals surface area contributed by atoms with Gasteiger partial charge in [0.2, 0.25) is 0 Å². The monoisotopic (exact) mass is 346 g/mol. The summed E-state index contributed by atoms with van der Waals surface area (Å²) in [7, 11) is 0. The van der Waals surface area contributed by atoms with E-state index in [1.54, 1.807) is 0 Å². The summed E-state index contributed by atoms with van der Waals surface area (Å²) >= 11 is 6.11. The van der Waals surface area contributed by atoms with Gasteiger partial charge in [0.05, 0.1) is 10.7 Å². The molecule has 24 heavy (non-hydrogen) atoms. The number of para-hydroxylation sites is 1. The van der Waals surface area contributed by atoms with Gasteiger partial charge in [-0.25, -0.2) is 0 Å². The molecule has 0 bridgehead atoms. The number of halogens is 1. The fourth-order valence-electron chi connectivity index (χ4n) is 2.83. The summed E-state index contributed by atoms with van der Waals surface area (Å²) in [6, 6.07) is 11.7. The first-order chi connectivity index (χ1) is 11.7. The Labute approximate surface area is 148 Å². The van der Waals surface area contributed by atoms with E-state index in [4.69, 9.17) is 16.3 Å². The zero-order chi connectivity index (χ0) is 16.8. The van der Waals surface area contributed by atoms with Crippen LogP contribution in [0.15, 0.2) is 36.4 Å². The third-order valence-corrected chi connectivity index (χ3v) is 4.51. The summed E-state index contributed by atoms with van der Waals surface area (Å²) in [5.41, 5.74) is 0.951. The minimum atomic E-state index is 0.647. The largest absolute Gasteiger partial charge is 0.491 e. The molecule has 0 amide bonds. The highest BCUT2D eigenvalue weighted by molar-refractivity contribution is 6.32. The van der Waals surface area contributed by atoms with Crippen LogP contribution in [0.4, 0.5) is 5.82 Å². The molecular formula is C18H23ClN4O. The van der Waals surface area contributed by atoms with Crippen molar-refractivity contribution in [1.29, 1.82) is 0 Å². The molecule has 2 heterocycles. The standard InChI is InChI=1S/C18H23ClN4O/c1-15-7-8-18(21-20-15)23-10-4-9-22(11-12-23)13-14-24-17-6-3-2-5-16(17)19/h2-3,5-8H,4,9-14H2,1H3. The van der Waals surface area contributed by atoms with Gasteiger partial charge in [-0.3, -0.25) is 4.90 Å². The van der Waals surface area contributed by atoms with Crippen molar-refractivity contribution in [3.63, 3.8) is 0 Å². The summed E-state index contributed by atoms with van der Waals surface area (Å²) in [6.07, 6.45) is 1.11. The van der Waals surface area contributed by atoms with Gasteiger partial charge in [-0.1, -0.05) is 23.7 Å². The Morgan fingerprint density at radius 3 is 2.71 bits per heavy atom. The third-order valence-electron chi connectivity index (χ3n) is 4.20. The van der Waals surface area contributed by atoms with Crippen LogP contribution in [0.2, 0.25) is 5.02 Å². The molecule has 2 aromatic rings. The first kappa shape index (κ1) is 17.0. The van der Waals surface area contributed by atoms with E-state index in [-0.39, 0.29) is 0 Å². The molecule has 1 aliphatic rings. The molecule has 0 N–H and O–H groups in total. The quantitative estimate of drug-likeness (QED) is 0.832. The van der Waals surface area contributed by atoms with Gasteiger partial charge in [-0.2, -0.15) is 5.10 Å². The summed E-state index contributed by atoms with van der Waals surface area (Å²) in [5.74, 6) is 1.72. The Hall–Kier alpha value is -1.85. The van der Waals surface area contributed by atoms with Crippen molar-refractivity contribution in [2.45, 2.75) is 13.3 Å². The van der Waals surface area contributed by atoms with E-state index in [1.165, 1.54) is 0 Å². The molecule has 1 aliphatic heterocycles. The van der Waals surface area contributed by atoms with E-state index in [0.29, 0.717) is 11.6 Å². The summed E-state index contributed by atoms with van der Waals surface area (Å²) in [5, 5.41) is 9.12. The number of hydrogen-bond donors (Lipinski definition) is 0. The number of nitrogens with zero attached hydrogens (tertiary/aromatic N) is 4. The van der Waals surface area contributed by atoms with E-state index < -0.39 is 0 Å². The van der Waals surface area contributed by atoms with Crippen molar-refractivity contribution in [3.8, 4) is 5.75 Å². The summed E-state index contributed by atoms with van der Waals surface area (Å²) in [4.78, 5) is 4.74. The van der Waals surface area contributed by atoms with Crippen molar-refractivity contribution in [1.82, 2.24) is 15.1 Å². The Kier molecular flexibility index (Phi) is 5.88. The lowest BCUT2D eigenvalue weighted by Crippen LogP contribution is -2.33. The molecule has 1 fully saturated rings. The molecule has 0 aliphatic carbocycles. The summed E-state index contributed by atoms with van der Waals surface area (Å²) < 4.78 is 5.80. The average Bonchev–Trinajstić information content (AvgIpc) is 2.83. The molecule has 5 nitrogen and oxygen atoms in total. The van der Waals surface area contributed by atoms with Crippen LogP contribution in [0.1, 0.15) is 12.1 Å². The van der Waals surface area contributed by atoms with Gasteiger partial charge < -0.3 is 9.64 Å². The van der Waals surface area contributed by atoms with Gasteiger partial charge in [-0.05, 0) is 37.6 Å². The van der Waals surface area contributed by atoms with Gasteiger partial charge in [0.25, 0.3) is 0 Å². The average molecular weight is 347 g/mol. The lowest BCUT2D eigenvalue weighted by Gasteiger charge is -2.22. The van der Waals surface area contributed by atoms with Crippen LogP contribution < -0.4 is 9.64 Å². The molecule has 1 aromatic heterocycles. The third kappa shape index (κ3) is 4.58. The minimum absolute atomic E-state index is 0.647. The predicted molar refractivity (Wildman–Crippen MR) is 97.0 cm³/mol. The van der Waals surface area contributed by atoms with E-state index in [9.17, 15) is 0 Å².